The summed E-state index contributed by atoms with van der Waals surface area (Å²) in [5.41, 5.74) is 1.11. The van der Waals surface area contributed by atoms with Gasteiger partial charge in [0.2, 0.25) is 0 Å². The number of aromatic amines is 1. The van der Waals surface area contributed by atoms with E-state index >= 15 is 0 Å². The van der Waals surface area contributed by atoms with E-state index in [9.17, 15) is 9.90 Å². The van der Waals surface area contributed by atoms with Crippen LogP contribution in [0.1, 0.15) is 24.3 Å². The number of H-pyrrole nitrogens is 1. The summed E-state index contributed by atoms with van der Waals surface area (Å²) in [5.74, 6) is 0.100. The van der Waals surface area contributed by atoms with Gasteiger partial charge in [0.1, 0.15) is 0 Å². The third kappa shape index (κ3) is 4.94. The molecule has 0 aliphatic rings. The molecule has 0 bridgehead atoms. The van der Waals surface area contributed by atoms with Crippen LogP contribution in [0.15, 0.2) is 23.6 Å². The van der Waals surface area contributed by atoms with Gasteiger partial charge in [0.25, 0.3) is 5.91 Å². The van der Waals surface area contributed by atoms with Crippen LogP contribution in [0, 0.1) is 5.92 Å². The predicted molar refractivity (Wildman–Crippen MR) is 85.9 cm³/mol. The maximum atomic E-state index is 12.0. The van der Waals surface area contributed by atoms with Crippen molar-refractivity contribution in [1.82, 2.24) is 15.5 Å². The van der Waals surface area contributed by atoms with E-state index in [2.05, 4.69) is 15.5 Å². The van der Waals surface area contributed by atoms with Crippen molar-refractivity contribution in [3.05, 3.63) is 29.3 Å². The standard InChI is InChI=1S/C15H21N3O3S/c1-10(2)8-21-9-11(19)7-16-15(20)13-6-12(17-18-13)14-4-3-5-22-14/h3-6,10-11,19H,7-9H2,1-2H3,(H,16,20)(H,17,18). The van der Waals surface area contributed by atoms with E-state index in [4.69, 9.17) is 4.74 Å². The highest BCUT2D eigenvalue weighted by Crippen LogP contribution is 2.22. The molecule has 120 valence electrons. The number of rotatable bonds is 8. The SMILES string of the molecule is CC(C)COCC(O)CNC(=O)c1cc(-c2cccs2)[nH]n1. The molecule has 2 aromatic rings. The number of thiophene rings is 1. The minimum atomic E-state index is -0.724. The molecule has 2 rings (SSSR count). The molecular weight excluding hydrogens is 302 g/mol. The average molecular weight is 323 g/mol. The van der Waals surface area contributed by atoms with Crippen molar-refractivity contribution in [2.75, 3.05) is 19.8 Å². The van der Waals surface area contributed by atoms with E-state index in [1.807, 2.05) is 31.4 Å². The molecule has 0 saturated carbocycles. The van der Waals surface area contributed by atoms with Crippen LogP contribution < -0.4 is 5.32 Å². The summed E-state index contributed by atoms with van der Waals surface area (Å²) in [6.45, 7) is 5.01. The molecule has 3 N–H and O–H groups in total. The number of hydrogen-bond donors (Lipinski definition) is 3. The summed E-state index contributed by atoms with van der Waals surface area (Å²) in [4.78, 5) is 13.0. The maximum absolute atomic E-state index is 12.0. The van der Waals surface area contributed by atoms with E-state index in [0.717, 1.165) is 10.6 Å². The van der Waals surface area contributed by atoms with Gasteiger partial charge >= 0.3 is 0 Å². The molecule has 2 heterocycles. The van der Waals surface area contributed by atoms with Crippen LogP contribution in [-0.4, -0.2) is 47.1 Å². The Morgan fingerprint density at radius 1 is 1.50 bits per heavy atom. The molecule has 22 heavy (non-hydrogen) atoms. The lowest BCUT2D eigenvalue weighted by atomic mass is 10.2. The molecule has 0 spiro atoms. The van der Waals surface area contributed by atoms with Gasteiger partial charge in [-0.3, -0.25) is 9.89 Å². The highest BCUT2D eigenvalue weighted by Gasteiger charge is 2.13. The van der Waals surface area contributed by atoms with Gasteiger partial charge in [-0.05, 0) is 23.4 Å². The Hall–Kier alpha value is -1.70. The van der Waals surface area contributed by atoms with E-state index in [0.29, 0.717) is 18.2 Å². The zero-order chi connectivity index (χ0) is 15.9. The fourth-order valence-electron chi connectivity index (χ4n) is 1.80. The summed E-state index contributed by atoms with van der Waals surface area (Å²) in [6.07, 6.45) is -0.724. The predicted octanol–water partition coefficient (Wildman–Crippen LogP) is 1.90. The number of aliphatic hydroxyl groups is 1. The first-order chi connectivity index (χ1) is 10.6. The number of ether oxygens (including phenoxy) is 1. The number of amides is 1. The van der Waals surface area contributed by atoms with Crippen molar-refractivity contribution in [3.63, 3.8) is 0 Å². The first-order valence-electron chi connectivity index (χ1n) is 7.19. The van der Waals surface area contributed by atoms with Crippen molar-refractivity contribution in [2.24, 2.45) is 5.92 Å². The molecule has 0 aliphatic carbocycles. The second-order valence-corrected chi connectivity index (χ2v) is 6.39. The molecule has 0 aromatic carbocycles. The largest absolute Gasteiger partial charge is 0.389 e. The number of carbonyl (C=O) groups excluding carboxylic acids is 1. The van der Waals surface area contributed by atoms with Crippen molar-refractivity contribution >= 4 is 17.2 Å². The van der Waals surface area contributed by atoms with Gasteiger partial charge in [-0.2, -0.15) is 5.10 Å². The van der Waals surface area contributed by atoms with Crippen LogP contribution in [0.25, 0.3) is 10.6 Å². The van der Waals surface area contributed by atoms with Gasteiger partial charge in [-0.15, -0.1) is 11.3 Å². The van der Waals surface area contributed by atoms with Gasteiger partial charge in [-0.1, -0.05) is 19.9 Å². The topological polar surface area (TPSA) is 87.2 Å². The number of nitrogens with zero attached hydrogens (tertiary/aromatic N) is 1. The molecule has 1 atom stereocenters. The van der Waals surface area contributed by atoms with Crippen molar-refractivity contribution in [1.29, 1.82) is 0 Å². The lowest BCUT2D eigenvalue weighted by Gasteiger charge is -2.12. The Balaban J connectivity index is 1.78. The zero-order valence-electron chi connectivity index (χ0n) is 12.7. The molecule has 0 aliphatic heterocycles. The number of aliphatic hydroxyl groups excluding tert-OH is 1. The van der Waals surface area contributed by atoms with Gasteiger partial charge in [-0.25, -0.2) is 0 Å². The molecule has 0 radical (unpaired) electrons. The summed E-state index contributed by atoms with van der Waals surface area (Å²) < 4.78 is 5.33. The number of aromatic nitrogens is 2. The lowest BCUT2D eigenvalue weighted by Crippen LogP contribution is -2.35. The summed E-state index contributed by atoms with van der Waals surface area (Å²) >= 11 is 1.57. The summed E-state index contributed by atoms with van der Waals surface area (Å²) in [7, 11) is 0. The number of nitrogens with one attached hydrogen (secondary N) is 2. The zero-order valence-corrected chi connectivity index (χ0v) is 13.5. The van der Waals surface area contributed by atoms with Crippen molar-refractivity contribution in [3.8, 4) is 10.6 Å². The molecule has 1 amide bonds. The number of hydrogen-bond acceptors (Lipinski definition) is 5. The Kier molecular flexibility index (Phi) is 6.11. The molecule has 7 heteroatoms. The molecule has 0 fully saturated rings. The molecule has 6 nitrogen and oxygen atoms in total. The molecule has 1 unspecified atom stereocenters. The van der Waals surface area contributed by atoms with Gasteiger partial charge in [0.15, 0.2) is 5.69 Å². The smallest absolute Gasteiger partial charge is 0.271 e. The fourth-order valence-corrected chi connectivity index (χ4v) is 2.49. The quantitative estimate of drug-likeness (QED) is 0.692. The second kappa shape index (κ2) is 8.07. The molecule has 2 aromatic heterocycles. The normalized spacial score (nSPS) is 12.5. The molecular formula is C15H21N3O3S. The van der Waals surface area contributed by atoms with E-state index in [1.54, 1.807) is 17.4 Å². The van der Waals surface area contributed by atoms with Crippen molar-refractivity contribution < 1.29 is 14.6 Å². The minimum Gasteiger partial charge on any atom is -0.389 e. The van der Waals surface area contributed by atoms with Gasteiger partial charge < -0.3 is 15.2 Å². The first-order valence-corrected chi connectivity index (χ1v) is 8.07. The Labute approximate surface area is 133 Å². The summed E-state index contributed by atoms with van der Waals surface area (Å²) in [5, 5.41) is 21.2. The maximum Gasteiger partial charge on any atom is 0.271 e. The van der Waals surface area contributed by atoms with Crippen LogP contribution in [-0.2, 0) is 4.74 Å². The fraction of sp³-hybridized carbons (Fsp3) is 0.467. The van der Waals surface area contributed by atoms with E-state index in [-0.39, 0.29) is 19.1 Å². The Morgan fingerprint density at radius 3 is 3.00 bits per heavy atom. The van der Waals surface area contributed by atoms with Gasteiger partial charge in [0, 0.05) is 13.2 Å². The van der Waals surface area contributed by atoms with E-state index < -0.39 is 6.10 Å². The second-order valence-electron chi connectivity index (χ2n) is 5.44. The number of carbonyl (C=O) groups is 1. The minimum absolute atomic E-state index is 0.137. The molecule has 0 saturated heterocycles. The van der Waals surface area contributed by atoms with Crippen LogP contribution in [0.3, 0.4) is 0 Å². The van der Waals surface area contributed by atoms with Gasteiger partial charge in [0.05, 0.1) is 23.3 Å². The third-order valence-electron chi connectivity index (χ3n) is 2.86. The highest BCUT2D eigenvalue weighted by atomic mass is 32.1. The first kappa shape index (κ1) is 16.7. The van der Waals surface area contributed by atoms with Crippen LogP contribution >= 0.6 is 11.3 Å². The lowest BCUT2D eigenvalue weighted by molar-refractivity contribution is 0.0259. The Morgan fingerprint density at radius 2 is 2.32 bits per heavy atom. The van der Waals surface area contributed by atoms with E-state index in [1.165, 1.54) is 0 Å². The van der Waals surface area contributed by atoms with Crippen LogP contribution in [0.4, 0.5) is 0 Å². The van der Waals surface area contributed by atoms with Crippen LogP contribution in [0.5, 0.6) is 0 Å². The highest BCUT2D eigenvalue weighted by molar-refractivity contribution is 7.13. The van der Waals surface area contributed by atoms with Crippen molar-refractivity contribution in [2.45, 2.75) is 20.0 Å². The monoisotopic (exact) mass is 323 g/mol. The Bertz CT molecular complexity index is 581. The third-order valence-corrected chi connectivity index (χ3v) is 3.76. The van der Waals surface area contributed by atoms with Crippen LogP contribution in [0.2, 0.25) is 0 Å². The average Bonchev–Trinajstić information content (AvgIpc) is 3.14. The summed E-state index contributed by atoms with van der Waals surface area (Å²) in [6, 6.07) is 5.59.